The van der Waals surface area contributed by atoms with Gasteiger partial charge in [0.2, 0.25) is 0 Å². The quantitative estimate of drug-likeness (QED) is 0.894. The number of hydrogen-bond donors (Lipinski definition) is 1. The molecule has 0 aromatic carbocycles. The van der Waals surface area contributed by atoms with Crippen molar-refractivity contribution in [3.8, 4) is 6.07 Å². The van der Waals surface area contributed by atoms with Crippen molar-refractivity contribution in [2.45, 2.75) is 56.5 Å². The molecule has 0 spiro atoms. The van der Waals surface area contributed by atoms with Crippen molar-refractivity contribution in [1.29, 1.82) is 5.26 Å². The topological polar surface area (TPSA) is 110 Å². The first kappa shape index (κ1) is 15.8. The van der Waals surface area contributed by atoms with E-state index in [0.29, 0.717) is 11.6 Å². The largest absolute Gasteiger partial charge is 0.451 e. The first-order valence-electron chi connectivity index (χ1n) is 8.75. The second kappa shape index (κ2) is 6.31. The number of rotatable bonds is 5. The third-order valence-electron chi connectivity index (χ3n) is 5.27. The Kier molecular flexibility index (Phi) is 3.99. The van der Waals surface area contributed by atoms with E-state index in [2.05, 4.69) is 26.7 Å². The highest BCUT2D eigenvalue weighted by Crippen LogP contribution is 2.42. The van der Waals surface area contributed by atoms with E-state index in [0.717, 1.165) is 38.5 Å². The number of aromatic nitrogens is 4. The Labute approximate surface area is 145 Å². The molecule has 0 bridgehead atoms. The summed E-state index contributed by atoms with van der Waals surface area (Å²) in [6, 6.07) is 2.09. The fourth-order valence-corrected chi connectivity index (χ4v) is 3.58. The van der Waals surface area contributed by atoms with Gasteiger partial charge in [0.25, 0.3) is 5.91 Å². The summed E-state index contributed by atoms with van der Waals surface area (Å²) < 4.78 is 6.55. The molecule has 1 atom stereocenters. The maximum Gasteiger partial charge on any atom is 0.273 e. The van der Waals surface area contributed by atoms with Crippen LogP contribution in [0.1, 0.15) is 67.2 Å². The Bertz CT molecular complexity index is 780. The highest BCUT2D eigenvalue weighted by molar-refractivity contribution is 5.92. The molecule has 8 nitrogen and oxygen atoms in total. The third-order valence-corrected chi connectivity index (χ3v) is 5.27. The average Bonchev–Trinajstić information content (AvgIpc) is 3.05. The number of oxazole rings is 1. The van der Waals surface area contributed by atoms with E-state index in [1.165, 1.54) is 19.1 Å². The van der Waals surface area contributed by atoms with Gasteiger partial charge in [-0.1, -0.05) is 24.5 Å². The molecule has 2 fully saturated rings. The molecule has 2 aliphatic carbocycles. The molecule has 0 radical (unpaired) electrons. The van der Waals surface area contributed by atoms with Crippen LogP contribution in [0.25, 0.3) is 0 Å². The number of hydrogen-bond acceptors (Lipinski definition) is 6. The Hall–Kier alpha value is -2.69. The van der Waals surface area contributed by atoms with E-state index in [1.54, 1.807) is 4.68 Å². The molecule has 0 unspecified atom stereocenters. The zero-order valence-corrected chi connectivity index (χ0v) is 13.9. The molecule has 2 aliphatic rings. The van der Waals surface area contributed by atoms with Crippen LogP contribution < -0.4 is 5.32 Å². The standard InChI is InChI=1S/C17H20N6O2/c18-10-17(6-7-17)23-8-13(21-22-23)15(12-4-2-1-3-5-12)20-16(24)14-9-25-11-19-14/h8-9,11-12,15H,1-7H2,(H,20,24)/t15-/m1/s1. The maximum atomic E-state index is 12.5. The lowest BCUT2D eigenvalue weighted by atomic mass is 9.82. The zero-order chi connectivity index (χ0) is 17.3. The average molecular weight is 340 g/mol. The van der Waals surface area contributed by atoms with Crippen molar-refractivity contribution in [3.63, 3.8) is 0 Å². The summed E-state index contributed by atoms with van der Waals surface area (Å²) in [6.45, 7) is 0. The molecular weight excluding hydrogens is 320 g/mol. The minimum atomic E-state index is -0.543. The molecule has 25 heavy (non-hydrogen) atoms. The summed E-state index contributed by atoms with van der Waals surface area (Å²) in [7, 11) is 0. The lowest BCUT2D eigenvalue weighted by Crippen LogP contribution is -2.35. The first-order chi connectivity index (χ1) is 12.2. The Morgan fingerprint density at radius 2 is 2.20 bits per heavy atom. The van der Waals surface area contributed by atoms with Gasteiger partial charge in [-0.15, -0.1) is 5.10 Å². The minimum absolute atomic E-state index is 0.229. The van der Waals surface area contributed by atoms with Crippen molar-refractivity contribution in [1.82, 2.24) is 25.3 Å². The summed E-state index contributed by atoms with van der Waals surface area (Å²) in [5, 5.41) is 20.8. The Morgan fingerprint density at radius 1 is 1.40 bits per heavy atom. The van der Waals surface area contributed by atoms with Gasteiger partial charge in [0.05, 0.1) is 18.3 Å². The van der Waals surface area contributed by atoms with E-state index in [9.17, 15) is 10.1 Å². The predicted molar refractivity (Wildman–Crippen MR) is 86.1 cm³/mol. The zero-order valence-electron chi connectivity index (χ0n) is 13.9. The first-order valence-corrected chi connectivity index (χ1v) is 8.75. The van der Waals surface area contributed by atoms with Crippen molar-refractivity contribution in [2.75, 3.05) is 0 Å². The fourth-order valence-electron chi connectivity index (χ4n) is 3.58. The SMILES string of the molecule is N#CC1(n2cc([C@H](NC(=O)c3cocn3)C3CCCCC3)nn2)CC1. The minimum Gasteiger partial charge on any atom is -0.451 e. The molecule has 130 valence electrons. The lowest BCUT2D eigenvalue weighted by Gasteiger charge is -2.29. The molecule has 0 saturated heterocycles. The molecule has 1 N–H and O–H groups in total. The second-order valence-corrected chi connectivity index (χ2v) is 6.95. The number of nitrogens with zero attached hydrogens (tertiary/aromatic N) is 5. The Balaban J connectivity index is 1.59. The molecule has 2 aromatic heterocycles. The van der Waals surface area contributed by atoms with Crippen LogP contribution in [0.5, 0.6) is 0 Å². The van der Waals surface area contributed by atoms with Gasteiger partial charge in [-0.25, -0.2) is 9.67 Å². The van der Waals surface area contributed by atoms with E-state index >= 15 is 0 Å². The Morgan fingerprint density at radius 3 is 2.84 bits per heavy atom. The smallest absolute Gasteiger partial charge is 0.273 e. The third kappa shape index (κ3) is 3.02. The van der Waals surface area contributed by atoms with Crippen molar-refractivity contribution >= 4 is 5.91 Å². The number of nitriles is 1. The summed E-state index contributed by atoms with van der Waals surface area (Å²) in [5.74, 6) is 0.0345. The van der Waals surface area contributed by atoms with Gasteiger partial charge < -0.3 is 9.73 Å². The van der Waals surface area contributed by atoms with Crippen LogP contribution in [0.4, 0.5) is 0 Å². The summed E-state index contributed by atoms with van der Waals surface area (Å²) in [6.07, 6.45) is 11.6. The number of nitrogens with one attached hydrogen (secondary N) is 1. The van der Waals surface area contributed by atoms with Crippen molar-refractivity contribution in [3.05, 3.63) is 30.2 Å². The van der Waals surface area contributed by atoms with E-state index < -0.39 is 5.54 Å². The summed E-state index contributed by atoms with van der Waals surface area (Å²) in [4.78, 5) is 16.4. The number of carbonyl (C=O) groups excluding carboxylic acids is 1. The second-order valence-electron chi connectivity index (χ2n) is 6.95. The lowest BCUT2D eigenvalue weighted by molar-refractivity contribution is 0.0905. The van der Waals surface area contributed by atoms with Crippen LogP contribution in [-0.4, -0.2) is 25.9 Å². The van der Waals surface area contributed by atoms with Gasteiger partial charge in [-0.2, -0.15) is 5.26 Å². The number of amides is 1. The molecule has 2 heterocycles. The fraction of sp³-hybridized carbons (Fsp3) is 0.588. The highest BCUT2D eigenvalue weighted by atomic mass is 16.3. The van der Waals surface area contributed by atoms with Crippen LogP contribution in [0.15, 0.2) is 23.3 Å². The van der Waals surface area contributed by atoms with E-state index in [1.807, 2.05) is 6.20 Å². The van der Waals surface area contributed by atoms with Crippen molar-refractivity contribution in [2.24, 2.45) is 5.92 Å². The van der Waals surface area contributed by atoms with Gasteiger partial charge in [0, 0.05) is 0 Å². The van der Waals surface area contributed by atoms with Crippen LogP contribution in [0.2, 0.25) is 0 Å². The van der Waals surface area contributed by atoms with E-state index in [-0.39, 0.29) is 17.6 Å². The summed E-state index contributed by atoms with van der Waals surface area (Å²) >= 11 is 0. The van der Waals surface area contributed by atoms with Gasteiger partial charge in [-0.3, -0.25) is 4.79 Å². The molecular formula is C17H20N6O2. The van der Waals surface area contributed by atoms with Gasteiger partial charge in [-0.05, 0) is 31.6 Å². The van der Waals surface area contributed by atoms with Crippen LogP contribution >= 0.6 is 0 Å². The summed E-state index contributed by atoms with van der Waals surface area (Å²) in [5.41, 5.74) is 0.424. The molecule has 8 heteroatoms. The molecule has 1 amide bonds. The van der Waals surface area contributed by atoms with Crippen LogP contribution in [-0.2, 0) is 5.54 Å². The molecule has 2 aromatic rings. The van der Waals surface area contributed by atoms with Crippen LogP contribution in [0.3, 0.4) is 0 Å². The van der Waals surface area contributed by atoms with Crippen molar-refractivity contribution < 1.29 is 9.21 Å². The predicted octanol–water partition coefficient (Wildman–Crippen LogP) is 2.33. The van der Waals surface area contributed by atoms with Crippen LogP contribution in [0, 0.1) is 17.2 Å². The molecule has 4 rings (SSSR count). The molecule has 2 saturated carbocycles. The highest BCUT2D eigenvalue weighted by Gasteiger charge is 2.47. The van der Waals surface area contributed by atoms with Gasteiger partial charge in [0.15, 0.2) is 17.6 Å². The van der Waals surface area contributed by atoms with Gasteiger partial charge >= 0.3 is 0 Å². The van der Waals surface area contributed by atoms with E-state index in [4.69, 9.17) is 4.42 Å². The monoisotopic (exact) mass is 340 g/mol. The van der Waals surface area contributed by atoms with Gasteiger partial charge in [0.1, 0.15) is 12.0 Å². The molecule has 0 aliphatic heterocycles. The maximum absolute atomic E-state index is 12.5. The normalized spacial score (nSPS) is 20.6. The number of carbonyl (C=O) groups is 1.